The number of fused-ring (bicyclic) bond motifs is 1. The number of hydrogen-bond acceptors (Lipinski definition) is 3. The molecule has 1 saturated carbocycles. The maximum atomic E-state index is 12.9. The number of Topliss-reactive ketones (excluding diaryl/α,β-unsaturated/α-hetero) is 1. The Labute approximate surface area is 242 Å². The molecule has 0 aromatic rings. The molecule has 0 aromatic carbocycles. The summed E-state index contributed by atoms with van der Waals surface area (Å²) in [7, 11) is 0. The topological polar surface area (TPSA) is 43.4 Å². The van der Waals surface area contributed by atoms with Crippen molar-refractivity contribution < 1.29 is 14.3 Å². The van der Waals surface area contributed by atoms with Crippen LogP contribution in [0.5, 0.6) is 0 Å². The molecule has 0 radical (unpaired) electrons. The van der Waals surface area contributed by atoms with Crippen LogP contribution in [0.3, 0.4) is 0 Å². The fourth-order valence-corrected chi connectivity index (χ4v) is 7.81. The number of carbonyl (C=O) groups is 2. The summed E-state index contributed by atoms with van der Waals surface area (Å²) >= 11 is 0. The van der Waals surface area contributed by atoms with E-state index in [2.05, 4.69) is 54.5 Å². The first-order chi connectivity index (χ1) is 18.5. The SMILES string of the molecule is CCCCC(C(C)=O)C(=O)OC1CC[C@@]2(C)C(=CCC(C(C)CCC)C2CCCC(C)CCCCC(C)C)C1. The number of ketones is 1. The van der Waals surface area contributed by atoms with Crippen molar-refractivity contribution in [3.63, 3.8) is 0 Å². The molecule has 2 aliphatic carbocycles. The molecule has 0 spiro atoms. The van der Waals surface area contributed by atoms with E-state index < -0.39 is 5.92 Å². The minimum absolute atomic E-state index is 0.0482. The molecule has 3 heteroatoms. The van der Waals surface area contributed by atoms with Gasteiger partial charge in [-0.25, -0.2) is 0 Å². The molecule has 0 N–H and O–H groups in total. The van der Waals surface area contributed by atoms with Crippen LogP contribution in [0.2, 0.25) is 0 Å². The molecule has 2 rings (SSSR count). The largest absolute Gasteiger partial charge is 0.461 e. The van der Waals surface area contributed by atoms with Crippen molar-refractivity contribution in [2.45, 2.75) is 164 Å². The van der Waals surface area contributed by atoms with Gasteiger partial charge < -0.3 is 4.74 Å². The lowest BCUT2D eigenvalue weighted by molar-refractivity contribution is -0.158. The molecule has 0 aliphatic heterocycles. The van der Waals surface area contributed by atoms with Gasteiger partial charge in [0.15, 0.2) is 0 Å². The van der Waals surface area contributed by atoms with Crippen LogP contribution in [-0.4, -0.2) is 17.9 Å². The molecule has 0 saturated heterocycles. The second-order valence-electron chi connectivity index (χ2n) is 14.2. The second-order valence-corrected chi connectivity index (χ2v) is 14.2. The van der Waals surface area contributed by atoms with E-state index in [-0.39, 0.29) is 23.3 Å². The quantitative estimate of drug-likeness (QED) is 0.0746. The van der Waals surface area contributed by atoms with Crippen molar-refractivity contribution >= 4 is 11.8 Å². The van der Waals surface area contributed by atoms with E-state index in [9.17, 15) is 9.59 Å². The summed E-state index contributed by atoms with van der Waals surface area (Å²) < 4.78 is 6.03. The van der Waals surface area contributed by atoms with Crippen LogP contribution in [-0.2, 0) is 14.3 Å². The Hall–Kier alpha value is -1.12. The van der Waals surface area contributed by atoms with Gasteiger partial charge in [0.05, 0.1) is 0 Å². The van der Waals surface area contributed by atoms with Crippen molar-refractivity contribution in [3.8, 4) is 0 Å². The molecule has 0 heterocycles. The summed E-state index contributed by atoms with van der Waals surface area (Å²) in [5.41, 5.74) is 1.75. The summed E-state index contributed by atoms with van der Waals surface area (Å²) in [4.78, 5) is 25.1. The zero-order chi connectivity index (χ0) is 29.0. The first kappa shape index (κ1) is 34.1. The molecular formula is C36H64O3. The molecular weight excluding hydrogens is 480 g/mol. The summed E-state index contributed by atoms with van der Waals surface area (Å²) in [5.74, 6) is 2.97. The minimum atomic E-state index is -0.585. The Balaban J connectivity index is 2.04. The van der Waals surface area contributed by atoms with Gasteiger partial charge in [-0.1, -0.05) is 124 Å². The smallest absolute Gasteiger partial charge is 0.316 e. The Morgan fingerprint density at radius 1 is 0.949 bits per heavy atom. The molecule has 226 valence electrons. The molecule has 7 atom stereocenters. The Morgan fingerprint density at radius 3 is 2.28 bits per heavy atom. The summed E-state index contributed by atoms with van der Waals surface area (Å²) in [6.45, 7) is 18.1. The van der Waals surface area contributed by atoms with E-state index in [1.165, 1.54) is 76.7 Å². The van der Waals surface area contributed by atoms with Gasteiger partial charge in [0, 0.05) is 6.42 Å². The number of carbonyl (C=O) groups excluding carboxylic acids is 2. The highest BCUT2D eigenvalue weighted by atomic mass is 16.5. The fraction of sp³-hybridized carbons (Fsp3) is 0.889. The summed E-state index contributed by atoms with van der Waals surface area (Å²) in [6.07, 6.45) is 21.1. The van der Waals surface area contributed by atoms with E-state index in [1.54, 1.807) is 0 Å². The molecule has 39 heavy (non-hydrogen) atoms. The van der Waals surface area contributed by atoms with Gasteiger partial charge in [-0.2, -0.15) is 0 Å². The highest BCUT2D eigenvalue weighted by molar-refractivity contribution is 5.97. The lowest BCUT2D eigenvalue weighted by atomic mass is 9.53. The molecule has 0 amide bonds. The number of esters is 1. The maximum Gasteiger partial charge on any atom is 0.316 e. The van der Waals surface area contributed by atoms with E-state index in [1.807, 2.05) is 0 Å². The van der Waals surface area contributed by atoms with E-state index in [0.29, 0.717) is 6.42 Å². The third-order valence-corrected chi connectivity index (χ3v) is 10.5. The van der Waals surface area contributed by atoms with E-state index in [4.69, 9.17) is 4.74 Å². The van der Waals surface area contributed by atoms with E-state index >= 15 is 0 Å². The zero-order valence-corrected chi connectivity index (χ0v) is 27.2. The Bertz CT molecular complexity index is 767. The van der Waals surface area contributed by atoms with Crippen molar-refractivity contribution in [1.29, 1.82) is 0 Å². The molecule has 6 unspecified atom stereocenters. The van der Waals surface area contributed by atoms with Crippen LogP contribution < -0.4 is 0 Å². The van der Waals surface area contributed by atoms with Gasteiger partial charge in [-0.05, 0) is 74.0 Å². The average Bonchev–Trinajstić information content (AvgIpc) is 2.87. The van der Waals surface area contributed by atoms with Gasteiger partial charge >= 0.3 is 5.97 Å². The molecule has 2 aliphatic rings. The number of ether oxygens (including phenoxy) is 1. The third kappa shape index (κ3) is 10.3. The van der Waals surface area contributed by atoms with Crippen LogP contribution in [0.4, 0.5) is 0 Å². The zero-order valence-electron chi connectivity index (χ0n) is 27.2. The number of unbranched alkanes of at least 4 members (excludes halogenated alkanes) is 2. The van der Waals surface area contributed by atoms with Crippen LogP contribution in [0.15, 0.2) is 11.6 Å². The van der Waals surface area contributed by atoms with Gasteiger partial charge in [0.25, 0.3) is 0 Å². The maximum absolute atomic E-state index is 12.9. The van der Waals surface area contributed by atoms with E-state index in [0.717, 1.165) is 61.7 Å². The molecule has 1 fully saturated rings. The molecule has 0 bridgehead atoms. The fourth-order valence-electron chi connectivity index (χ4n) is 7.81. The Kier molecular flexibility index (Phi) is 14.8. The van der Waals surface area contributed by atoms with Crippen LogP contribution in [0.1, 0.15) is 158 Å². The van der Waals surface area contributed by atoms with Crippen LogP contribution in [0, 0.1) is 40.9 Å². The van der Waals surface area contributed by atoms with Crippen molar-refractivity contribution in [3.05, 3.63) is 11.6 Å². The lowest BCUT2D eigenvalue weighted by Gasteiger charge is -2.52. The number of hydrogen-bond donors (Lipinski definition) is 0. The molecule has 3 nitrogen and oxygen atoms in total. The minimum Gasteiger partial charge on any atom is -0.461 e. The normalized spacial score (nSPS) is 27.4. The standard InChI is InChI=1S/C36H64O3/c1-9-11-19-33(29(7)37)35(38)39-31-23-24-36(8)30(25-31)21-22-32(28(6)15-10-2)34(36)20-14-18-27(5)17-13-12-16-26(3)4/h21,26-28,31-34H,9-20,22-25H2,1-8H3/t27?,28?,31?,32?,33?,34?,36-/m0/s1. The highest BCUT2D eigenvalue weighted by Crippen LogP contribution is 2.56. The van der Waals surface area contributed by atoms with Gasteiger partial charge in [0.2, 0.25) is 0 Å². The summed E-state index contributed by atoms with van der Waals surface area (Å²) in [5, 5.41) is 0. The second kappa shape index (κ2) is 17.0. The van der Waals surface area contributed by atoms with Crippen molar-refractivity contribution in [1.82, 2.24) is 0 Å². The summed E-state index contributed by atoms with van der Waals surface area (Å²) in [6, 6.07) is 0. The van der Waals surface area contributed by atoms with Crippen LogP contribution >= 0.6 is 0 Å². The van der Waals surface area contributed by atoms with Crippen molar-refractivity contribution in [2.24, 2.45) is 40.9 Å². The Morgan fingerprint density at radius 2 is 1.64 bits per heavy atom. The highest BCUT2D eigenvalue weighted by Gasteiger charge is 2.48. The predicted octanol–water partition coefficient (Wildman–Crippen LogP) is 10.5. The van der Waals surface area contributed by atoms with Gasteiger partial charge in [0.1, 0.15) is 17.8 Å². The predicted molar refractivity (Wildman–Crippen MR) is 166 cm³/mol. The lowest BCUT2D eigenvalue weighted by Crippen LogP contribution is -2.45. The molecule has 0 aromatic heterocycles. The first-order valence-electron chi connectivity index (χ1n) is 16.9. The number of rotatable bonds is 18. The third-order valence-electron chi connectivity index (χ3n) is 10.5. The van der Waals surface area contributed by atoms with Gasteiger partial charge in [-0.15, -0.1) is 0 Å². The number of allylic oxidation sites excluding steroid dienone is 1. The monoisotopic (exact) mass is 544 g/mol. The van der Waals surface area contributed by atoms with Gasteiger partial charge in [-0.3, -0.25) is 9.59 Å². The first-order valence-corrected chi connectivity index (χ1v) is 16.9. The van der Waals surface area contributed by atoms with Crippen molar-refractivity contribution in [2.75, 3.05) is 0 Å². The van der Waals surface area contributed by atoms with Crippen LogP contribution in [0.25, 0.3) is 0 Å². The average molecular weight is 545 g/mol.